The number of halogens is 3. The summed E-state index contributed by atoms with van der Waals surface area (Å²) in [6, 6.07) is 7.18. The second-order valence-electron chi connectivity index (χ2n) is 6.21. The quantitative estimate of drug-likeness (QED) is 0.792. The van der Waals surface area contributed by atoms with Crippen LogP contribution in [0.15, 0.2) is 41.5 Å². The third kappa shape index (κ3) is 3.98. The van der Waals surface area contributed by atoms with Crippen LogP contribution < -0.4 is 10.5 Å². The number of nitriles is 1. The molecule has 7 nitrogen and oxygen atoms in total. The molecule has 0 aromatic carbocycles. The standard InChI is InChI=1S/C18H16F3N5O2/c19-18(20,21)14-4-2-6-26(17(14)28)12-15(27)24-7-9-25(10-8-24)16-13(11-22)3-1-5-23-16/h1-6H,7-10,12H2. The van der Waals surface area contributed by atoms with Gasteiger partial charge in [-0.2, -0.15) is 18.4 Å². The van der Waals surface area contributed by atoms with Crippen molar-refractivity contribution in [3.8, 4) is 6.07 Å². The number of rotatable bonds is 3. The number of alkyl halides is 3. The maximum absolute atomic E-state index is 12.8. The molecule has 0 N–H and O–H groups in total. The van der Waals surface area contributed by atoms with E-state index in [0.717, 1.165) is 10.6 Å². The van der Waals surface area contributed by atoms with E-state index in [1.54, 1.807) is 18.3 Å². The van der Waals surface area contributed by atoms with Gasteiger partial charge in [-0.1, -0.05) is 0 Å². The fraction of sp³-hybridized carbons (Fsp3) is 0.333. The zero-order valence-corrected chi connectivity index (χ0v) is 14.7. The molecule has 0 saturated carbocycles. The van der Waals surface area contributed by atoms with Crippen molar-refractivity contribution >= 4 is 11.7 Å². The Morgan fingerprint density at radius 1 is 1.18 bits per heavy atom. The molecule has 0 atom stereocenters. The van der Waals surface area contributed by atoms with Gasteiger partial charge in [0.25, 0.3) is 5.56 Å². The van der Waals surface area contributed by atoms with E-state index in [9.17, 15) is 22.8 Å². The molecule has 0 unspecified atom stereocenters. The highest BCUT2D eigenvalue weighted by atomic mass is 19.4. The van der Waals surface area contributed by atoms with Gasteiger partial charge in [-0.15, -0.1) is 0 Å². The minimum absolute atomic E-state index is 0.313. The van der Waals surface area contributed by atoms with Crippen LogP contribution in [0.4, 0.5) is 19.0 Å². The average molecular weight is 391 g/mol. The number of nitrogens with zero attached hydrogens (tertiary/aromatic N) is 5. The molecular formula is C18H16F3N5O2. The van der Waals surface area contributed by atoms with Crippen LogP contribution in [0.5, 0.6) is 0 Å². The Hall–Kier alpha value is -3.35. The van der Waals surface area contributed by atoms with Crippen LogP contribution in [0, 0.1) is 11.3 Å². The predicted molar refractivity (Wildman–Crippen MR) is 93.4 cm³/mol. The number of carbonyl (C=O) groups is 1. The molecule has 10 heteroatoms. The van der Waals surface area contributed by atoms with Crippen molar-refractivity contribution in [2.75, 3.05) is 31.1 Å². The number of carbonyl (C=O) groups excluding carboxylic acids is 1. The van der Waals surface area contributed by atoms with Crippen LogP contribution in [0.2, 0.25) is 0 Å². The Morgan fingerprint density at radius 3 is 2.54 bits per heavy atom. The van der Waals surface area contributed by atoms with E-state index < -0.39 is 29.8 Å². The number of hydrogen-bond donors (Lipinski definition) is 0. The minimum atomic E-state index is -4.77. The van der Waals surface area contributed by atoms with Crippen LogP contribution in [0.25, 0.3) is 0 Å². The summed E-state index contributed by atoms with van der Waals surface area (Å²) in [6.45, 7) is 1.02. The molecule has 2 aromatic rings. The van der Waals surface area contributed by atoms with Crippen LogP contribution in [-0.2, 0) is 17.5 Å². The van der Waals surface area contributed by atoms with Crippen molar-refractivity contribution in [3.63, 3.8) is 0 Å². The summed E-state index contributed by atoms with van der Waals surface area (Å²) in [5.74, 6) is 0.0915. The first-order chi connectivity index (χ1) is 13.3. The van der Waals surface area contributed by atoms with Gasteiger partial charge in [0.05, 0.1) is 5.56 Å². The Balaban J connectivity index is 1.67. The molecule has 146 valence electrons. The highest BCUT2D eigenvalue weighted by Crippen LogP contribution is 2.26. The summed E-state index contributed by atoms with van der Waals surface area (Å²) in [6.07, 6.45) is -2.03. The Bertz CT molecular complexity index is 972. The molecule has 0 spiro atoms. The van der Waals surface area contributed by atoms with Crippen LogP contribution in [-0.4, -0.2) is 46.5 Å². The van der Waals surface area contributed by atoms with Crippen molar-refractivity contribution in [1.29, 1.82) is 5.26 Å². The molecular weight excluding hydrogens is 375 g/mol. The van der Waals surface area contributed by atoms with Gasteiger partial charge in [0.2, 0.25) is 5.91 Å². The minimum Gasteiger partial charge on any atom is -0.352 e. The Morgan fingerprint density at radius 2 is 1.89 bits per heavy atom. The highest BCUT2D eigenvalue weighted by Gasteiger charge is 2.34. The van der Waals surface area contributed by atoms with E-state index in [0.29, 0.717) is 43.6 Å². The summed E-state index contributed by atoms with van der Waals surface area (Å²) in [5, 5.41) is 9.17. The molecule has 0 aliphatic carbocycles. The fourth-order valence-corrected chi connectivity index (χ4v) is 3.03. The van der Waals surface area contributed by atoms with Gasteiger partial charge in [0, 0.05) is 38.6 Å². The third-order valence-electron chi connectivity index (χ3n) is 4.47. The second kappa shape index (κ2) is 7.72. The van der Waals surface area contributed by atoms with Gasteiger partial charge >= 0.3 is 6.18 Å². The van der Waals surface area contributed by atoms with E-state index >= 15 is 0 Å². The Labute approximate surface area is 158 Å². The number of anilines is 1. The zero-order chi connectivity index (χ0) is 20.3. The summed E-state index contributed by atoms with van der Waals surface area (Å²) in [4.78, 5) is 32.0. The molecule has 0 bridgehead atoms. The van der Waals surface area contributed by atoms with E-state index in [2.05, 4.69) is 11.1 Å². The van der Waals surface area contributed by atoms with E-state index in [1.165, 1.54) is 11.1 Å². The molecule has 1 aliphatic heterocycles. The normalized spacial score (nSPS) is 14.6. The van der Waals surface area contributed by atoms with Crippen molar-refractivity contribution in [2.24, 2.45) is 0 Å². The number of amides is 1. The maximum Gasteiger partial charge on any atom is 0.421 e. The molecule has 1 saturated heterocycles. The lowest BCUT2D eigenvalue weighted by Crippen LogP contribution is -2.50. The number of hydrogen-bond acceptors (Lipinski definition) is 5. The topological polar surface area (TPSA) is 82.2 Å². The van der Waals surface area contributed by atoms with Crippen molar-refractivity contribution in [1.82, 2.24) is 14.5 Å². The number of pyridine rings is 2. The molecule has 1 fully saturated rings. The molecule has 3 heterocycles. The molecule has 3 rings (SSSR count). The summed E-state index contributed by atoms with van der Waals surface area (Å²) < 4.78 is 39.3. The average Bonchev–Trinajstić information content (AvgIpc) is 2.68. The fourth-order valence-electron chi connectivity index (χ4n) is 3.03. The first kappa shape index (κ1) is 19.4. The van der Waals surface area contributed by atoms with Gasteiger partial charge in [0.15, 0.2) is 0 Å². The van der Waals surface area contributed by atoms with E-state index in [4.69, 9.17) is 5.26 Å². The highest BCUT2D eigenvalue weighted by molar-refractivity contribution is 5.76. The van der Waals surface area contributed by atoms with Crippen molar-refractivity contribution < 1.29 is 18.0 Å². The lowest BCUT2D eigenvalue weighted by atomic mass is 10.2. The van der Waals surface area contributed by atoms with Crippen LogP contribution in [0.1, 0.15) is 11.1 Å². The second-order valence-corrected chi connectivity index (χ2v) is 6.21. The van der Waals surface area contributed by atoms with Crippen molar-refractivity contribution in [2.45, 2.75) is 12.7 Å². The van der Waals surface area contributed by atoms with Gasteiger partial charge in [-0.05, 0) is 24.3 Å². The van der Waals surface area contributed by atoms with Gasteiger partial charge in [-0.3, -0.25) is 9.59 Å². The number of aromatic nitrogens is 2. The molecule has 0 radical (unpaired) electrons. The van der Waals surface area contributed by atoms with E-state index in [-0.39, 0.29) is 0 Å². The van der Waals surface area contributed by atoms with Gasteiger partial charge < -0.3 is 14.4 Å². The SMILES string of the molecule is N#Cc1cccnc1N1CCN(C(=O)Cn2cccc(C(F)(F)F)c2=O)CC1. The summed E-state index contributed by atoms with van der Waals surface area (Å²) in [5.41, 5.74) is -2.11. The zero-order valence-electron chi connectivity index (χ0n) is 14.7. The van der Waals surface area contributed by atoms with Crippen molar-refractivity contribution in [3.05, 3.63) is 58.1 Å². The third-order valence-corrected chi connectivity index (χ3v) is 4.47. The number of piperazine rings is 1. The maximum atomic E-state index is 12.8. The Kier molecular flexibility index (Phi) is 5.35. The summed E-state index contributed by atoms with van der Waals surface area (Å²) >= 11 is 0. The first-order valence-corrected chi connectivity index (χ1v) is 8.46. The lowest BCUT2D eigenvalue weighted by Gasteiger charge is -2.35. The lowest BCUT2D eigenvalue weighted by molar-refractivity contribution is -0.139. The van der Waals surface area contributed by atoms with Gasteiger partial charge in [-0.25, -0.2) is 4.98 Å². The van der Waals surface area contributed by atoms with Crippen LogP contribution in [0.3, 0.4) is 0 Å². The van der Waals surface area contributed by atoms with E-state index in [1.807, 2.05) is 4.90 Å². The van der Waals surface area contributed by atoms with Crippen LogP contribution >= 0.6 is 0 Å². The predicted octanol–water partition coefficient (Wildman–Crippen LogP) is 1.48. The summed E-state index contributed by atoms with van der Waals surface area (Å²) in [7, 11) is 0. The molecule has 1 aliphatic rings. The molecule has 1 amide bonds. The first-order valence-electron chi connectivity index (χ1n) is 8.46. The monoisotopic (exact) mass is 391 g/mol. The smallest absolute Gasteiger partial charge is 0.352 e. The largest absolute Gasteiger partial charge is 0.421 e. The molecule has 2 aromatic heterocycles. The van der Waals surface area contributed by atoms with Gasteiger partial charge in [0.1, 0.15) is 24.0 Å². The molecule has 28 heavy (non-hydrogen) atoms.